The molecular formula is C7H11N3O3. The SMILES string of the molecule is N=[N+]=NC1CC(C(=O)[O-])CCC1O. The normalized spacial score (nSPS) is 33.5. The van der Waals surface area contributed by atoms with E-state index < -0.39 is 24.0 Å². The number of rotatable bonds is 2. The largest absolute Gasteiger partial charge is 0.550 e. The molecule has 1 aliphatic carbocycles. The monoisotopic (exact) mass is 185 g/mol. The summed E-state index contributed by atoms with van der Waals surface area (Å²) in [6.07, 6.45) is 0.326. The van der Waals surface area contributed by atoms with Gasteiger partial charge in [-0.1, -0.05) is 0 Å². The van der Waals surface area contributed by atoms with Crippen molar-refractivity contribution in [1.82, 2.24) is 4.91 Å². The first-order valence-corrected chi connectivity index (χ1v) is 4.10. The first-order valence-electron chi connectivity index (χ1n) is 4.10. The van der Waals surface area contributed by atoms with Crippen molar-refractivity contribution in [2.24, 2.45) is 11.0 Å². The summed E-state index contributed by atoms with van der Waals surface area (Å²) < 4.78 is 0. The van der Waals surface area contributed by atoms with Crippen LogP contribution in [0.25, 0.3) is 0 Å². The van der Waals surface area contributed by atoms with E-state index in [1.807, 2.05) is 0 Å². The number of carbonyl (C=O) groups is 1. The van der Waals surface area contributed by atoms with Crippen LogP contribution < -0.4 is 10.0 Å². The highest BCUT2D eigenvalue weighted by atomic mass is 16.4. The minimum Gasteiger partial charge on any atom is -0.550 e. The highest BCUT2D eigenvalue weighted by Gasteiger charge is 2.32. The van der Waals surface area contributed by atoms with Gasteiger partial charge in [-0.3, -0.25) is 0 Å². The van der Waals surface area contributed by atoms with Gasteiger partial charge in [-0.05, 0) is 19.3 Å². The maximum atomic E-state index is 10.5. The van der Waals surface area contributed by atoms with E-state index in [9.17, 15) is 15.0 Å². The molecule has 0 bridgehead atoms. The Balaban J connectivity index is 2.62. The van der Waals surface area contributed by atoms with Gasteiger partial charge in [0.05, 0.1) is 6.10 Å². The molecule has 1 rings (SSSR count). The second kappa shape index (κ2) is 4.11. The third-order valence-electron chi connectivity index (χ3n) is 2.32. The van der Waals surface area contributed by atoms with Gasteiger partial charge in [-0.2, -0.15) is 0 Å². The Bertz CT molecular complexity index is 249. The number of carboxylic acids is 1. The Morgan fingerprint density at radius 1 is 1.62 bits per heavy atom. The number of aliphatic carboxylic acids is 1. The molecule has 0 aromatic heterocycles. The predicted octanol–water partition coefficient (Wildman–Crippen LogP) is -1.18. The van der Waals surface area contributed by atoms with Gasteiger partial charge >= 0.3 is 0 Å². The van der Waals surface area contributed by atoms with Gasteiger partial charge in [-0.15, -0.1) is 0 Å². The van der Waals surface area contributed by atoms with Crippen LogP contribution in [-0.2, 0) is 4.79 Å². The molecule has 0 radical (unpaired) electrons. The summed E-state index contributed by atoms with van der Waals surface area (Å²) in [4.78, 5) is 13.3. The second-order valence-corrected chi connectivity index (χ2v) is 3.18. The van der Waals surface area contributed by atoms with E-state index in [2.05, 4.69) is 10.0 Å². The Hall–Kier alpha value is -1.26. The maximum absolute atomic E-state index is 10.5. The van der Waals surface area contributed by atoms with Crippen LogP contribution in [0.4, 0.5) is 0 Å². The summed E-state index contributed by atoms with van der Waals surface area (Å²) in [5, 5.41) is 23.3. The van der Waals surface area contributed by atoms with Crippen molar-refractivity contribution >= 4 is 5.97 Å². The Labute approximate surface area is 74.8 Å². The lowest BCUT2D eigenvalue weighted by Crippen LogP contribution is -2.40. The van der Waals surface area contributed by atoms with Crippen molar-refractivity contribution in [2.75, 3.05) is 0 Å². The number of carboxylic acid groups (broad SMARTS) is 1. The van der Waals surface area contributed by atoms with E-state index in [-0.39, 0.29) is 6.42 Å². The third-order valence-corrected chi connectivity index (χ3v) is 2.32. The molecule has 6 heteroatoms. The van der Waals surface area contributed by atoms with Crippen LogP contribution in [0.3, 0.4) is 0 Å². The molecule has 1 fully saturated rings. The third kappa shape index (κ3) is 2.34. The average molecular weight is 185 g/mol. The Morgan fingerprint density at radius 3 is 2.85 bits per heavy atom. The second-order valence-electron chi connectivity index (χ2n) is 3.18. The van der Waals surface area contributed by atoms with E-state index in [1.165, 1.54) is 0 Å². The van der Waals surface area contributed by atoms with Crippen molar-refractivity contribution in [2.45, 2.75) is 31.4 Å². The molecule has 3 atom stereocenters. The molecule has 0 aromatic rings. The van der Waals surface area contributed by atoms with Gasteiger partial charge in [0.1, 0.15) is 10.6 Å². The molecule has 0 spiro atoms. The van der Waals surface area contributed by atoms with E-state index in [0.717, 1.165) is 0 Å². The lowest BCUT2D eigenvalue weighted by atomic mass is 9.84. The predicted molar refractivity (Wildman–Crippen MR) is 39.4 cm³/mol. The van der Waals surface area contributed by atoms with Crippen LogP contribution in [-0.4, -0.2) is 23.2 Å². The van der Waals surface area contributed by atoms with Gasteiger partial charge in [0.25, 0.3) is 0 Å². The zero-order chi connectivity index (χ0) is 9.84. The summed E-state index contributed by atoms with van der Waals surface area (Å²) in [6.45, 7) is 0. The molecule has 1 aliphatic rings. The molecule has 72 valence electrons. The summed E-state index contributed by atoms with van der Waals surface area (Å²) in [5.41, 5.74) is 6.49. The van der Waals surface area contributed by atoms with E-state index in [1.54, 1.807) is 0 Å². The minimum atomic E-state index is -1.11. The van der Waals surface area contributed by atoms with Crippen LogP contribution in [0, 0.1) is 11.4 Å². The number of nitrogens with one attached hydrogen (secondary N) is 1. The average Bonchev–Trinajstić information content (AvgIpc) is 2.08. The van der Waals surface area contributed by atoms with Crippen molar-refractivity contribution in [1.29, 1.82) is 5.53 Å². The van der Waals surface area contributed by atoms with Crippen LogP contribution in [0.2, 0.25) is 0 Å². The van der Waals surface area contributed by atoms with E-state index in [0.29, 0.717) is 12.8 Å². The van der Waals surface area contributed by atoms with Crippen LogP contribution in [0.5, 0.6) is 0 Å². The number of nitrogens with zero attached hydrogens (tertiary/aromatic N) is 2. The van der Waals surface area contributed by atoms with Gasteiger partial charge in [0.2, 0.25) is 4.91 Å². The molecule has 0 amide bonds. The molecule has 1 saturated carbocycles. The molecule has 2 N–H and O–H groups in total. The van der Waals surface area contributed by atoms with E-state index >= 15 is 0 Å². The topological polar surface area (TPSA) is 111 Å². The molecule has 0 aromatic carbocycles. The van der Waals surface area contributed by atoms with Crippen molar-refractivity contribution in [3.05, 3.63) is 0 Å². The van der Waals surface area contributed by atoms with Gasteiger partial charge in [0, 0.05) is 11.9 Å². The highest BCUT2D eigenvalue weighted by molar-refractivity contribution is 5.67. The van der Waals surface area contributed by atoms with Crippen LogP contribution >= 0.6 is 0 Å². The lowest BCUT2D eigenvalue weighted by molar-refractivity contribution is -0.312. The highest BCUT2D eigenvalue weighted by Crippen LogP contribution is 2.25. The molecule has 0 heterocycles. The van der Waals surface area contributed by atoms with Crippen LogP contribution in [0.1, 0.15) is 19.3 Å². The Kier molecular flexibility index (Phi) is 3.11. The lowest BCUT2D eigenvalue weighted by Gasteiger charge is -2.27. The zero-order valence-corrected chi connectivity index (χ0v) is 7.01. The fourth-order valence-corrected chi connectivity index (χ4v) is 1.54. The standard InChI is InChI=1S/C7H11N3O3/c8-10-9-5-3-4(7(12)13)1-2-6(5)11/h4-6,8,11H,1-3H2. The summed E-state index contributed by atoms with van der Waals surface area (Å²) in [7, 11) is 0. The minimum absolute atomic E-state index is 0.214. The van der Waals surface area contributed by atoms with E-state index in [4.69, 9.17) is 5.53 Å². The number of hydrogen-bond donors (Lipinski definition) is 2. The van der Waals surface area contributed by atoms with Crippen molar-refractivity contribution in [3.63, 3.8) is 0 Å². The number of aliphatic hydroxyl groups excluding tert-OH is 1. The first-order chi connectivity index (χ1) is 6.15. The summed E-state index contributed by atoms with van der Waals surface area (Å²) >= 11 is 0. The molecule has 0 saturated heterocycles. The fraction of sp³-hybridized carbons (Fsp3) is 0.857. The smallest absolute Gasteiger partial charge is 0.214 e. The molecular weight excluding hydrogens is 174 g/mol. The summed E-state index contributed by atoms with van der Waals surface area (Å²) in [5.74, 6) is -1.68. The zero-order valence-electron chi connectivity index (χ0n) is 7.01. The number of aliphatic hydroxyl groups is 1. The van der Waals surface area contributed by atoms with Gasteiger partial charge in [0.15, 0.2) is 6.04 Å². The van der Waals surface area contributed by atoms with Gasteiger partial charge in [-0.25, -0.2) is 0 Å². The summed E-state index contributed by atoms with van der Waals surface area (Å²) in [6, 6.07) is -0.561. The fourth-order valence-electron chi connectivity index (χ4n) is 1.54. The van der Waals surface area contributed by atoms with Gasteiger partial charge < -0.3 is 15.0 Å². The molecule has 3 unspecified atom stereocenters. The van der Waals surface area contributed by atoms with Crippen LogP contribution in [0.15, 0.2) is 5.11 Å². The maximum Gasteiger partial charge on any atom is 0.214 e. The van der Waals surface area contributed by atoms with Crippen molar-refractivity contribution < 1.29 is 15.0 Å². The quantitative estimate of drug-likeness (QED) is 0.417. The molecule has 6 nitrogen and oxygen atoms in total. The molecule has 13 heavy (non-hydrogen) atoms. The Morgan fingerprint density at radius 2 is 2.31 bits per heavy atom. The first kappa shape index (κ1) is 9.83. The van der Waals surface area contributed by atoms with Crippen molar-refractivity contribution in [3.8, 4) is 0 Å². The molecule has 0 aliphatic heterocycles. The number of carbonyl (C=O) groups excluding carboxylic acids is 1. The number of hydrogen-bond acceptors (Lipinski definition) is 5.